The second-order valence-electron chi connectivity index (χ2n) is 5.76. The highest BCUT2D eigenvalue weighted by atomic mass is 16.5. The Kier molecular flexibility index (Phi) is 4.21. The highest BCUT2D eigenvalue weighted by molar-refractivity contribution is 6.00. The van der Waals surface area contributed by atoms with E-state index in [1.807, 2.05) is 37.3 Å². The fourth-order valence-electron chi connectivity index (χ4n) is 3.00. The lowest BCUT2D eigenvalue weighted by atomic mass is 9.90. The van der Waals surface area contributed by atoms with Gasteiger partial charge in [0.25, 0.3) is 0 Å². The molecule has 0 radical (unpaired) electrons. The van der Waals surface area contributed by atoms with Crippen molar-refractivity contribution in [3.63, 3.8) is 0 Å². The number of carbonyl (C=O) groups is 2. The van der Waals surface area contributed by atoms with Crippen molar-refractivity contribution in [2.75, 3.05) is 0 Å². The van der Waals surface area contributed by atoms with Gasteiger partial charge in [-0.3, -0.25) is 4.79 Å². The molecule has 4 nitrogen and oxygen atoms in total. The number of rotatable bonds is 3. The molecule has 0 aliphatic heterocycles. The molecule has 0 bridgehead atoms. The molecule has 1 aliphatic rings. The summed E-state index contributed by atoms with van der Waals surface area (Å²) in [5.74, 6) is 0.198. The van der Waals surface area contributed by atoms with Gasteiger partial charge in [-0.25, -0.2) is 4.79 Å². The van der Waals surface area contributed by atoms with Crippen molar-refractivity contribution in [2.24, 2.45) is 0 Å². The summed E-state index contributed by atoms with van der Waals surface area (Å²) < 4.78 is 11.1. The van der Waals surface area contributed by atoms with E-state index in [1.165, 1.54) is 6.92 Å². The van der Waals surface area contributed by atoms with Gasteiger partial charge < -0.3 is 9.47 Å². The first-order chi connectivity index (χ1) is 11.5. The van der Waals surface area contributed by atoms with Gasteiger partial charge in [0.2, 0.25) is 0 Å². The summed E-state index contributed by atoms with van der Waals surface area (Å²) in [6, 6.07) is 5.77. The van der Waals surface area contributed by atoms with Crippen LogP contribution in [0.2, 0.25) is 0 Å². The van der Waals surface area contributed by atoms with E-state index in [9.17, 15) is 9.59 Å². The Balaban J connectivity index is 2.36. The highest BCUT2D eigenvalue weighted by Gasteiger charge is 2.24. The van der Waals surface area contributed by atoms with Crippen LogP contribution in [0.15, 0.2) is 43.0 Å². The zero-order chi connectivity index (χ0) is 17.3. The lowest BCUT2D eigenvalue weighted by Gasteiger charge is -2.22. The molecule has 2 aromatic carbocycles. The average Bonchev–Trinajstić information content (AvgIpc) is 2.57. The van der Waals surface area contributed by atoms with Crippen molar-refractivity contribution in [1.29, 1.82) is 0 Å². The summed E-state index contributed by atoms with van der Waals surface area (Å²) in [5.41, 5.74) is 2.79. The molecule has 1 aliphatic carbocycles. The zero-order valence-electron chi connectivity index (χ0n) is 13.7. The minimum atomic E-state index is -0.506. The first-order valence-electron chi connectivity index (χ1n) is 7.77. The fraction of sp³-hybridized carbons (Fsp3) is 0.200. The number of esters is 2. The Morgan fingerprint density at radius 3 is 2.25 bits per heavy atom. The van der Waals surface area contributed by atoms with Gasteiger partial charge in [0, 0.05) is 34.9 Å². The topological polar surface area (TPSA) is 52.6 Å². The number of hydrogen-bond acceptors (Lipinski definition) is 4. The van der Waals surface area contributed by atoms with E-state index in [1.54, 1.807) is 0 Å². The van der Waals surface area contributed by atoms with Crippen LogP contribution in [0.5, 0.6) is 11.5 Å². The maximum atomic E-state index is 11.8. The second kappa shape index (κ2) is 6.32. The molecule has 122 valence electrons. The predicted octanol–water partition coefficient (Wildman–Crippen LogP) is 3.82. The molecular weight excluding hydrogens is 304 g/mol. The van der Waals surface area contributed by atoms with Crippen molar-refractivity contribution in [1.82, 2.24) is 0 Å². The normalized spacial score (nSPS) is 12.6. The Labute approximate surface area is 140 Å². The number of ether oxygens (including phenoxy) is 2. The molecule has 0 N–H and O–H groups in total. The minimum Gasteiger partial charge on any atom is -0.426 e. The lowest BCUT2D eigenvalue weighted by Crippen LogP contribution is -2.12. The Morgan fingerprint density at radius 1 is 1.04 bits per heavy atom. The quantitative estimate of drug-likeness (QED) is 0.373. The highest BCUT2D eigenvalue weighted by Crippen LogP contribution is 2.43. The summed E-state index contributed by atoms with van der Waals surface area (Å²) in [6.45, 7) is 6.81. The predicted molar refractivity (Wildman–Crippen MR) is 92.4 cm³/mol. The van der Waals surface area contributed by atoms with Gasteiger partial charge in [0.15, 0.2) is 0 Å². The van der Waals surface area contributed by atoms with Crippen LogP contribution in [0.1, 0.15) is 23.6 Å². The molecule has 0 amide bonds. The van der Waals surface area contributed by atoms with E-state index in [4.69, 9.17) is 9.47 Å². The molecule has 3 rings (SSSR count). The molecule has 0 saturated carbocycles. The van der Waals surface area contributed by atoms with Crippen molar-refractivity contribution in [2.45, 2.75) is 26.7 Å². The summed E-state index contributed by atoms with van der Waals surface area (Å²) in [7, 11) is 0. The standard InChI is InChI=1S/C20H18O4/c1-4-18(22)24-19-14-7-5-6-8-15(14)20(23-13(3)21)17-11-12(2)9-10-16(17)19/h4-6,9-11H,1,7-8H2,2-3H3. The van der Waals surface area contributed by atoms with Crippen molar-refractivity contribution in [3.8, 4) is 11.5 Å². The third kappa shape index (κ3) is 2.83. The summed E-state index contributed by atoms with van der Waals surface area (Å²) in [5, 5.41) is 1.52. The third-order valence-corrected chi connectivity index (χ3v) is 4.00. The number of allylic oxidation sites excluding steroid dienone is 2. The van der Waals surface area contributed by atoms with Crippen LogP contribution in [-0.4, -0.2) is 11.9 Å². The van der Waals surface area contributed by atoms with Gasteiger partial charge in [-0.05, 0) is 25.8 Å². The third-order valence-electron chi connectivity index (χ3n) is 4.00. The number of fused-ring (bicyclic) bond motifs is 2. The van der Waals surface area contributed by atoms with Crippen LogP contribution in [0.25, 0.3) is 10.8 Å². The Bertz CT molecular complexity index is 890. The number of benzene rings is 2. The molecule has 0 spiro atoms. The number of carbonyl (C=O) groups excluding carboxylic acids is 2. The zero-order valence-corrected chi connectivity index (χ0v) is 13.7. The van der Waals surface area contributed by atoms with Crippen LogP contribution in [0, 0.1) is 6.92 Å². The Hall–Kier alpha value is -2.88. The van der Waals surface area contributed by atoms with E-state index < -0.39 is 5.97 Å². The van der Waals surface area contributed by atoms with Gasteiger partial charge >= 0.3 is 11.9 Å². The molecule has 0 aromatic heterocycles. The number of aryl methyl sites for hydroxylation is 1. The fourth-order valence-corrected chi connectivity index (χ4v) is 3.00. The minimum absolute atomic E-state index is 0.370. The summed E-state index contributed by atoms with van der Waals surface area (Å²) >= 11 is 0. The van der Waals surface area contributed by atoms with E-state index in [2.05, 4.69) is 6.58 Å². The largest absolute Gasteiger partial charge is 0.426 e. The summed E-state index contributed by atoms with van der Waals surface area (Å²) in [4.78, 5) is 23.4. The van der Waals surface area contributed by atoms with Crippen molar-refractivity contribution < 1.29 is 19.1 Å². The van der Waals surface area contributed by atoms with Crippen LogP contribution in [-0.2, 0) is 22.4 Å². The van der Waals surface area contributed by atoms with Gasteiger partial charge in [-0.2, -0.15) is 0 Å². The molecule has 0 unspecified atom stereocenters. The molecule has 4 heteroatoms. The van der Waals surface area contributed by atoms with Crippen LogP contribution in [0.3, 0.4) is 0 Å². The monoisotopic (exact) mass is 322 g/mol. The molecule has 24 heavy (non-hydrogen) atoms. The van der Waals surface area contributed by atoms with E-state index in [-0.39, 0.29) is 5.97 Å². The van der Waals surface area contributed by atoms with Gasteiger partial charge in [0.1, 0.15) is 11.5 Å². The van der Waals surface area contributed by atoms with E-state index >= 15 is 0 Å². The maximum Gasteiger partial charge on any atom is 0.335 e. The summed E-state index contributed by atoms with van der Waals surface area (Å²) in [6.07, 6.45) is 6.43. The lowest BCUT2D eigenvalue weighted by molar-refractivity contribution is -0.132. The molecule has 0 atom stereocenters. The smallest absolute Gasteiger partial charge is 0.335 e. The van der Waals surface area contributed by atoms with Gasteiger partial charge in [-0.15, -0.1) is 0 Å². The van der Waals surface area contributed by atoms with E-state index in [0.29, 0.717) is 24.3 Å². The first kappa shape index (κ1) is 16.0. The number of hydrogen-bond donors (Lipinski definition) is 0. The second-order valence-corrected chi connectivity index (χ2v) is 5.76. The van der Waals surface area contributed by atoms with Crippen LogP contribution >= 0.6 is 0 Å². The maximum absolute atomic E-state index is 11.8. The van der Waals surface area contributed by atoms with Gasteiger partial charge in [-0.1, -0.05) is 36.4 Å². The molecule has 0 saturated heterocycles. The van der Waals surface area contributed by atoms with Crippen molar-refractivity contribution >= 4 is 22.7 Å². The molecular formula is C20H18O4. The van der Waals surface area contributed by atoms with Gasteiger partial charge in [0.05, 0.1) is 0 Å². The van der Waals surface area contributed by atoms with Crippen molar-refractivity contribution in [3.05, 3.63) is 59.7 Å². The SMILES string of the molecule is C=CC(=O)Oc1c2c(c(OC(C)=O)c3cc(C)ccc13)CC=CC2. The average molecular weight is 322 g/mol. The molecule has 0 fully saturated rings. The molecule has 2 aromatic rings. The molecule has 0 heterocycles. The van der Waals surface area contributed by atoms with E-state index in [0.717, 1.165) is 33.5 Å². The van der Waals surface area contributed by atoms with Crippen LogP contribution in [0.4, 0.5) is 0 Å². The van der Waals surface area contributed by atoms with Crippen LogP contribution < -0.4 is 9.47 Å². The Morgan fingerprint density at radius 2 is 1.67 bits per heavy atom. The first-order valence-corrected chi connectivity index (χ1v) is 7.77.